The topological polar surface area (TPSA) is 57.3 Å². The van der Waals surface area contributed by atoms with Gasteiger partial charge in [0.1, 0.15) is 24.0 Å². The van der Waals surface area contributed by atoms with E-state index in [4.69, 9.17) is 18.9 Å². The fourth-order valence-electron chi connectivity index (χ4n) is 1.56. The zero-order chi connectivity index (χ0) is 11.0. The van der Waals surface area contributed by atoms with Crippen molar-refractivity contribution in [2.45, 2.75) is 6.10 Å². The molecule has 1 saturated heterocycles. The van der Waals surface area contributed by atoms with Crippen LogP contribution in [0.1, 0.15) is 10.4 Å². The second-order valence-electron chi connectivity index (χ2n) is 3.60. The lowest BCUT2D eigenvalue weighted by atomic mass is 10.2. The lowest BCUT2D eigenvalue weighted by molar-refractivity contribution is 0.111. The number of benzene rings is 1. The fraction of sp³-hybridized carbons (Fsp3) is 0.364. The average molecular weight is 222 g/mol. The highest BCUT2D eigenvalue weighted by Crippen LogP contribution is 2.39. The van der Waals surface area contributed by atoms with Gasteiger partial charge in [-0.05, 0) is 12.1 Å². The van der Waals surface area contributed by atoms with Crippen LogP contribution in [0.15, 0.2) is 12.1 Å². The minimum atomic E-state index is 0.144. The molecule has 0 aliphatic carbocycles. The highest BCUT2D eigenvalue weighted by Gasteiger charge is 2.25. The van der Waals surface area contributed by atoms with Gasteiger partial charge in [0.25, 0.3) is 0 Å². The Bertz CT molecular complexity index is 425. The summed E-state index contributed by atoms with van der Waals surface area (Å²) >= 11 is 0. The van der Waals surface area contributed by atoms with Crippen LogP contribution >= 0.6 is 0 Å². The molecule has 5 heteroatoms. The summed E-state index contributed by atoms with van der Waals surface area (Å²) in [4.78, 5) is 11.0. The third-order valence-electron chi connectivity index (χ3n) is 2.48. The maximum atomic E-state index is 11.0. The number of carbonyl (C=O) groups excluding carboxylic acids is 1. The Hall–Kier alpha value is -1.75. The van der Waals surface area contributed by atoms with E-state index < -0.39 is 0 Å². The van der Waals surface area contributed by atoms with Crippen molar-refractivity contribution in [3.63, 3.8) is 0 Å². The van der Waals surface area contributed by atoms with Gasteiger partial charge in [0.15, 0.2) is 17.8 Å². The Labute approximate surface area is 91.9 Å². The minimum absolute atomic E-state index is 0.144. The number of epoxide rings is 1. The Morgan fingerprint density at radius 2 is 2.31 bits per heavy atom. The van der Waals surface area contributed by atoms with Gasteiger partial charge in [-0.15, -0.1) is 0 Å². The van der Waals surface area contributed by atoms with Gasteiger partial charge in [-0.1, -0.05) is 0 Å². The molecule has 16 heavy (non-hydrogen) atoms. The first-order valence-corrected chi connectivity index (χ1v) is 5.00. The number of aldehydes is 1. The van der Waals surface area contributed by atoms with Crippen LogP contribution < -0.4 is 14.2 Å². The third kappa shape index (κ3) is 1.59. The molecule has 0 aromatic heterocycles. The Balaban J connectivity index is 1.88. The van der Waals surface area contributed by atoms with E-state index in [1.54, 1.807) is 12.1 Å². The van der Waals surface area contributed by atoms with E-state index in [0.29, 0.717) is 29.4 Å². The van der Waals surface area contributed by atoms with Gasteiger partial charge in [-0.25, -0.2) is 0 Å². The molecule has 1 aromatic rings. The molecule has 84 valence electrons. The number of rotatable bonds is 4. The fourth-order valence-corrected chi connectivity index (χ4v) is 1.56. The summed E-state index contributed by atoms with van der Waals surface area (Å²) in [7, 11) is 0. The highest BCUT2D eigenvalue weighted by molar-refractivity contribution is 5.85. The Morgan fingerprint density at radius 1 is 1.44 bits per heavy atom. The predicted molar refractivity (Wildman–Crippen MR) is 53.2 cm³/mol. The maximum Gasteiger partial charge on any atom is 0.231 e. The lowest BCUT2D eigenvalue weighted by Crippen LogP contribution is -2.06. The molecule has 0 N–H and O–H groups in total. The summed E-state index contributed by atoms with van der Waals surface area (Å²) in [6.45, 7) is 1.33. The van der Waals surface area contributed by atoms with Crippen LogP contribution in [0, 0.1) is 0 Å². The van der Waals surface area contributed by atoms with E-state index in [2.05, 4.69) is 0 Å². The number of ether oxygens (including phenoxy) is 4. The molecule has 0 bridgehead atoms. The van der Waals surface area contributed by atoms with Crippen LogP contribution in [0.3, 0.4) is 0 Å². The first kappa shape index (κ1) is 9.47. The van der Waals surface area contributed by atoms with Crippen molar-refractivity contribution in [3.05, 3.63) is 17.7 Å². The van der Waals surface area contributed by atoms with Crippen LogP contribution in [-0.4, -0.2) is 32.4 Å². The monoisotopic (exact) mass is 222 g/mol. The Kier molecular flexibility index (Phi) is 2.18. The second-order valence-corrected chi connectivity index (χ2v) is 3.60. The number of hydrogen-bond donors (Lipinski definition) is 0. The summed E-state index contributed by atoms with van der Waals surface area (Å²) in [6, 6.07) is 3.44. The molecule has 0 radical (unpaired) electrons. The van der Waals surface area contributed by atoms with Crippen molar-refractivity contribution >= 4 is 6.29 Å². The smallest absolute Gasteiger partial charge is 0.231 e. The third-order valence-corrected chi connectivity index (χ3v) is 2.48. The number of hydrogen-bond acceptors (Lipinski definition) is 5. The molecule has 1 unspecified atom stereocenters. The predicted octanol–water partition coefficient (Wildman–Crippen LogP) is 1.01. The molecule has 0 amide bonds. The van der Waals surface area contributed by atoms with Crippen LogP contribution in [0.4, 0.5) is 0 Å². The standard InChI is InChI=1S/C11H10O5/c12-3-8-9(14-5-7-4-13-7)1-2-10-11(8)16-6-15-10/h1-3,7H,4-6H2. The van der Waals surface area contributed by atoms with E-state index in [1.807, 2.05) is 0 Å². The Morgan fingerprint density at radius 3 is 3.06 bits per heavy atom. The summed E-state index contributed by atoms with van der Waals surface area (Å²) in [5.74, 6) is 1.55. The molecule has 1 atom stereocenters. The van der Waals surface area contributed by atoms with E-state index in [0.717, 1.165) is 12.9 Å². The molecule has 0 saturated carbocycles. The van der Waals surface area contributed by atoms with Gasteiger partial charge in [-0.2, -0.15) is 0 Å². The van der Waals surface area contributed by atoms with Crippen molar-refractivity contribution in [3.8, 4) is 17.2 Å². The molecule has 5 nitrogen and oxygen atoms in total. The lowest BCUT2D eigenvalue weighted by Gasteiger charge is -2.08. The van der Waals surface area contributed by atoms with Crippen molar-refractivity contribution < 1.29 is 23.7 Å². The number of carbonyl (C=O) groups is 1. The van der Waals surface area contributed by atoms with Crippen molar-refractivity contribution in [2.24, 2.45) is 0 Å². The molecule has 3 rings (SSSR count). The van der Waals surface area contributed by atoms with Crippen molar-refractivity contribution in [1.29, 1.82) is 0 Å². The van der Waals surface area contributed by atoms with E-state index in [9.17, 15) is 4.79 Å². The summed E-state index contributed by atoms with van der Waals surface area (Å²) in [5.41, 5.74) is 0.399. The zero-order valence-electron chi connectivity index (χ0n) is 8.47. The van der Waals surface area contributed by atoms with Crippen LogP contribution in [0.2, 0.25) is 0 Å². The SMILES string of the molecule is O=Cc1c(OCC2CO2)ccc2c1OCO2. The first-order valence-electron chi connectivity index (χ1n) is 5.00. The molecule has 2 heterocycles. The number of fused-ring (bicyclic) bond motifs is 1. The van der Waals surface area contributed by atoms with Gasteiger partial charge < -0.3 is 18.9 Å². The van der Waals surface area contributed by atoms with Gasteiger partial charge in [-0.3, -0.25) is 4.79 Å². The van der Waals surface area contributed by atoms with E-state index >= 15 is 0 Å². The molecule has 2 aliphatic rings. The van der Waals surface area contributed by atoms with Crippen LogP contribution in [0.5, 0.6) is 17.2 Å². The minimum Gasteiger partial charge on any atom is -0.490 e. The first-order chi connectivity index (χ1) is 7.88. The molecule has 0 spiro atoms. The van der Waals surface area contributed by atoms with E-state index in [-0.39, 0.29) is 12.9 Å². The summed E-state index contributed by atoms with van der Waals surface area (Å²) < 4.78 is 20.9. The molecular weight excluding hydrogens is 212 g/mol. The quantitative estimate of drug-likeness (QED) is 0.562. The maximum absolute atomic E-state index is 11.0. The molecule has 2 aliphatic heterocycles. The van der Waals surface area contributed by atoms with Gasteiger partial charge in [0.05, 0.1) is 6.61 Å². The van der Waals surface area contributed by atoms with Gasteiger partial charge >= 0.3 is 0 Å². The largest absolute Gasteiger partial charge is 0.490 e. The summed E-state index contributed by atoms with van der Waals surface area (Å²) in [5, 5.41) is 0. The van der Waals surface area contributed by atoms with Gasteiger partial charge in [0, 0.05) is 0 Å². The molecule has 1 aromatic carbocycles. The van der Waals surface area contributed by atoms with Gasteiger partial charge in [0.2, 0.25) is 6.79 Å². The average Bonchev–Trinajstić information content (AvgIpc) is 3.01. The van der Waals surface area contributed by atoms with Crippen molar-refractivity contribution in [1.82, 2.24) is 0 Å². The normalized spacial score (nSPS) is 20.6. The van der Waals surface area contributed by atoms with Crippen LogP contribution in [0.25, 0.3) is 0 Å². The highest BCUT2D eigenvalue weighted by atomic mass is 16.7. The molecular formula is C11H10O5. The van der Waals surface area contributed by atoms with Crippen molar-refractivity contribution in [2.75, 3.05) is 20.0 Å². The second kappa shape index (κ2) is 3.68. The van der Waals surface area contributed by atoms with E-state index in [1.165, 1.54) is 0 Å². The zero-order valence-corrected chi connectivity index (χ0v) is 8.47. The summed E-state index contributed by atoms with van der Waals surface area (Å²) in [6.07, 6.45) is 0.876. The van der Waals surface area contributed by atoms with Crippen LogP contribution in [-0.2, 0) is 4.74 Å². The molecule has 1 fully saturated rings.